The van der Waals surface area contributed by atoms with Gasteiger partial charge in [-0.05, 0) is 0 Å². The van der Waals surface area contributed by atoms with Crippen LogP contribution in [-0.2, 0) is 9.53 Å². The van der Waals surface area contributed by atoms with Gasteiger partial charge in [-0.1, -0.05) is 0 Å². The SMILES string of the molecule is NC(=O)[C@@H]1O[C@H](O)[C@H](O)[C@@H](O)[C@@H]1O. The fourth-order valence-corrected chi connectivity index (χ4v) is 1.10. The number of primary amides is 1. The summed E-state index contributed by atoms with van der Waals surface area (Å²) < 4.78 is 4.46. The van der Waals surface area contributed by atoms with E-state index in [4.69, 9.17) is 26.2 Å². The summed E-state index contributed by atoms with van der Waals surface area (Å²) in [6, 6.07) is 0. The molecule has 0 aliphatic carbocycles. The maximum absolute atomic E-state index is 10.6. The van der Waals surface area contributed by atoms with Crippen molar-refractivity contribution in [2.75, 3.05) is 0 Å². The lowest BCUT2D eigenvalue weighted by molar-refractivity contribution is -0.275. The van der Waals surface area contributed by atoms with E-state index in [0.717, 1.165) is 0 Å². The molecule has 6 N–H and O–H groups in total. The maximum Gasteiger partial charge on any atom is 0.249 e. The fraction of sp³-hybridized carbons (Fsp3) is 0.833. The van der Waals surface area contributed by atoms with E-state index in [2.05, 4.69) is 4.74 Å². The van der Waals surface area contributed by atoms with Gasteiger partial charge in [-0.25, -0.2) is 0 Å². The Morgan fingerprint density at radius 3 is 2.08 bits per heavy atom. The molecule has 0 bridgehead atoms. The van der Waals surface area contributed by atoms with Crippen molar-refractivity contribution in [3.05, 3.63) is 0 Å². The first-order chi connectivity index (χ1) is 5.95. The molecule has 76 valence electrons. The van der Waals surface area contributed by atoms with Gasteiger partial charge in [0.15, 0.2) is 12.4 Å². The molecule has 0 aromatic carbocycles. The molecule has 0 saturated carbocycles. The van der Waals surface area contributed by atoms with Crippen LogP contribution in [0.5, 0.6) is 0 Å². The average molecular weight is 193 g/mol. The highest BCUT2D eigenvalue weighted by molar-refractivity contribution is 5.79. The number of aliphatic hydroxyl groups is 4. The van der Waals surface area contributed by atoms with Crippen LogP contribution >= 0.6 is 0 Å². The highest BCUT2D eigenvalue weighted by atomic mass is 16.6. The molecular weight excluding hydrogens is 182 g/mol. The topological polar surface area (TPSA) is 133 Å². The van der Waals surface area contributed by atoms with Gasteiger partial charge >= 0.3 is 0 Å². The predicted octanol–water partition coefficient (Wildman–Crippen LogP) is -3.73. The number of aliphatic hydroxyl groups excluding tert-OH is 4. The van der Waals surface area contributed by atoms with Crippen molar-refractivity contribution in [3.63, 3.8) is 0 Å². The molecule has 7 heteroatoms. The smallest absolute Gasteiger partial charge is 0.249 e. The molecular formula is C6H11NO6. The number of nitrogens with two attached hydrogens (primary N) is 1. The molecule has 1 fully saturated rings. The number of hydrogen-bond donors (Lipinski definition) is 5. The van der Waals surface area contributed by atoms with Crippen LogP contribution in [0.4, 0.5) is 0 Å². The minimum absolute atomic E-state index is 1.02. The van der Waals surface area contributed by atoms with Gasteiger partial charge in [0.2, 0.25) is 5.91 Å². The van der Waals surface area contributed by atoms with E-state index >= 15 is 0 Å². The molecule has 0 spiro atoms. The summed E-state index contributed by atoms with van der Waals surface area (Å²) >= 11 is 0. The van der Waals surface area contributed by atoms with E-state index in [-0.39, 0.29) is 0 Å². The lowest BCUT2D eigenvalue weighted by Gasteiger charge is -2.36. The van der Waals surface area contributed by atoms with Crippen molar-refractivity contribution in [1.29, 1.82) is 0 Å². The standard InChI is InChI=1S/C6H11NO6/c7-5(11)4-2(9)1(8)3(10)6(12)13-4/h1-4,6,8-10,12H,(H2,7,11)/t1-,2-,3+,4+,6-/m0/s1. The maximum atomic E-state index is 10.6. The fourth-order valence-electron chi connectivity index (χ4n) is 1.10. The molecule has 1 rings (SSSR count). The van der Waals surface area contributed by atoms with Crippen molar-refractivity contribution in [2.24, 2.45) is 5.73 Å². The molecule has 7 nitrogen and oxygen atoms in total. The monoisotopic (exact) mass is 193 g/mol. The molecule has 1 saturated heterocycles. The van der Waals surface area contributed by atoms with Crippen LogP contribution in [0, 0.1) is 0 Å². The highest BCUT2D eigenvalue weighted by Gasteiger charge is 2.45. The molecule has 1 heterocycles. The molecule has 13 heavy (non-hydrogen) atoms. The van der Waals surface area contributed by atoms with Gasteiger partial charge in [-0.2, -0.15) is 0 Å². The van der Waals surface area contributed by atoms with E-state index in [1.807, 2.05) is 0 Å². The second kappa shape index (κ2) is 3.56. The molecule has 1 aliphatic rings. The normalized spacial score (nSPS) is 46.0. The summed E-state index contributed by atoms with van der Waals surface area (Å²) in [4.78, 5) is 10.6. The summed E-state index contributed by atoms with van der Waals surface area (Å²) in [6.45, 7) is 0. The second-order valence-electron chi connectivity index (χ2n) is 2.82. The first-order valence-electron chi connectivity index (χ1n) is 3.62. The van der Waals surface area contributed by atoms with E-state index in [9.17, 15) is 4.79 Å². The molecule has 0 unspecified atom stereocenters. The largest absolute Gasteiger partial charge is 0.387 e. The average Bonchev–Trinajstić information content (AvgIpc) is 2.07. The zero-order valence-corrected chi connectivity index (χ0v) is 6.57. The molecule has 5 atom stereocenters. The molecule has 1 aliphatic heterocycles. The minimum atomic E-state index is -1.73. The molecule has 0 aromatic heterocycles. The minimum Gasteiger partial charge on any atom is -0.387 e. The third kappa shape index (κ3) is 1.79. The molecule has 1 amide bonds. The van der Waals surface area contributed by atoms with Crippen molar-refractivity contribution >= 4 is 5.91 Å². The Kier molecular flexibility index (Phi) is 2.84. The van der Waals surface area contributed by atoms with Gasteiger partial charge in [-0.3, -0.25) is 4.79 Å². The number of carbonyl (C=O) groups is 1. The van der Waals surface area contributed by atoms with Crippen LogP contribution in [0.2, 0.25) is 0 Å². The Morgan fingerprint density at radius 1 is 1.08 bits per heavy atom. The Hall–Kier alpha value is -0.730. The van der Waals surface area contributed by atoms with Crippen LogP contribution in [0.1, 0.15) is 0 Å². The summed E-state index contributed by atoms with van der Waals surface area (Å²) in [5, 5.41) is 36.2. The van der Waals surface area contributed by atoms with Gasteiger partial charge in [0, 0.05) is 0 Å². The van der Waals surface area contributed by atoms with Crippen molar-refractivity contribution < 1.29 is 30.0 Å². The second-order valence-corrected chi connectivity index (χ2v) is 2.82. The van der Waals surface area contributed by atoms with Gasteiger partial charge in [0.1, 0.15) is 18.3 Å². The van der Waals surface area contributed by atoms with Crippen molar-refractivity contribution in [2.45, 2.75) is 30.7 Å². The van der Waals surface area contributed by atoms with Crippen LogP contribution < -0.4 is 5.73 Å². The lowest BCUT2D eigenvalue weighted by atomic mass is 9.99. The lowest BCUT2D eigenvalue weighted by Crippen LogP contribution is -2.60. The van der Waals surface area contributed by atoms with E-state index in [1.54, 1.807) is 0 Å². The van der Waals surface area contributed by atoms with Gasteiger partial charge in [0.25, 0.3) is 0 Å². The van der Waals surface area contributed by atoms with Gasteiger partial charge < -0.3 is 30.9 Å². The van der Waals surface area contributed by atoms with Crippen molar-refractivity contribution in [3.8, 4) is 0 Å². The first kappa shape index (κ1) is 10.4. The Bertz CT molecular complexity index is 209. The van der Waals surface area contributed by atoms with E-state index in [1.165, 1.54) is 0 Å². The summed E-state index contributed by atoms with van der Waals surface area (Å²) in [5.74, 6) is -1.02. The third-order valence-electron chi connectivity index (χ3n) is 1.87. The van der Waals surface area contributed by atoms with E-state index in [0.29, 0.717) is 0 Å². The number of hydrogen-bond acceptors (Lipinski definition) is 6. The Labute approximate surface area is 73.4 Å². The van der Waals surface area contributed by atoms with Crippen molar-refractivity contribution in [1.82, 2.24) is 0 Å². The number of ether oxygens (including phenoxy) is 1. The predicted molar refractivity (Wildman–Crippen MR) is 38.1 cm³/mol. The van der Waals surface area contributed by atoms with Crippen LogP contribution in [0.3, 0.4) is 0 Å². The van der Waals surface area contributed by atoms with Gasteiger partial charge in [-0.15, -0.1) is 0 Å². The van der Waals surface area contributed by atoms with Crippen LogP contribution in [-0.4, -0.2) is 57.0 Å². The molecule has 0 aromatic rings. The Morgan fingerprint density at radius 2 is 1.62 bits per heavy atom. The zero-order valence-electron chi connectivity index (χ0n) is 6.57. The summed E-state index contributed by atoms with van der Waals surface area (Å²) in [5.41, 5.74) is 4.80. The zero-order chi connectivity index (χ0) is 10.2. The number of amides is 1. The number of rotatable bonds is 1. The summed E-state index contributed by atoms with van der Waals surface area (Å²) in [6.07, 6.45) is -8.16. The van der Waals surface area contributed by atoms with Crippen LogP contribution in [0.15, 0.2) is 0 Å². The first-order valence-corrected chi connectivity index (χ1v) is 3.62. The van der Waals surface area contributed by atoms with Crippen LogP contribution in [0.25, 0.3) is 0 Å². The Balaban J connectivity index is 2.76. The molecule has 0 radical (unpaired) electrons. The summed E-state index contributed by atoms with van der Waals surface area (Å²) in [7, 11) is 0. The van der Waals surface area contributed by atoms with E-state index < -0.39 is 36.6 Å². The quantitative estimate of drug-likeness (QED) is 0.291. The number of carbonyl (C=O) groups excluding carboxylic acids is 1. The third-order valence-corrected chi connectivity index (χ3v) is 1.87. The highest BCUT2D eigenvalue weighted by Crippen LogP contribution is 2.19. The van der Waals surface area contributed by atoms with Gasteiger partial charge in [0.05, 0.1) is 0 Å².